The number of rotatable bonds is 7. The first-order valence-corrected chi connectivity index (χ1v) is 6.90. The molecule has 0 saturated carbocycles. The van der Waals surface area contributed by atoms with Crippen molar-refractivity contribution in [2.75, 3.05) is 11.1 Å². The highest BCUT2D eigenvalue weighted by Crippen LogP contribution is 2.24. The number of amides is 1. The maximum Gasteiger partial charge on any atom is 0.303 e. The van der Waals surface area contributed by atoms with Gasteiger partial charge in [0.15, 0.2) is 4.34 Å². The van der Waals surface area contributed by atoms with E-state index < -0.39 is 5.97 Å². The Bertz CT molecular complexity index is 395. The van der Waals surface area contributed by atoms with Crippen molar-refractivity contribution in [3.05, 3.63) is 0 Å². The van der Waals surface area contributed by atoms with Crippen molar-refractivity contribution in [3.8, 4) is 0 Å². The third kappa shape index (κ3) is 5.64. The van der Waals surface area contributed by atoms with Crippen LogP contribution in [0.15, 0.2) is 4.34 Å². The third-order valence-electron chi connectivity index (χ3n) is 1.72. The summed E-state index contributed by atoms with van der Waals surface area (Å²) in [5.41, 5.74) is 0. The van der Waals surface area contributed by atoms with Crippen LogP contribution in [-0.2, 0) is 9.59 Å². The van der Waals surface area contributed by atoms with Crippen molar-refractivity contribution in [2.24, 2.45) is 0 Å². The maximum absolute atomic E-state index is 11.4. The van der Waals surface area contributed by atoms with Gasteiger partial charge in [-0.1, -0.05) is 30.0 Å². The first kappa shape index (κ1) is 13.9. The minimum Gasteiger partial charge on any atom is -0.481 e. The zero-order valence-electron chi connectivity index (χ0n) is 9.30. The number of hydrogen-bond acceptors (Lipinski definition) is 6. The highest BCUT2D eigenvalue weighted by molar-refractivity contribution is 8.01. The SMILES string of the molecule is CCSc1nnc(NC(=O)CCCC(=O)O)s1. The first-order chi connectivity index (χ1) is 8.11. The average molecular weight is 275 g/mol. The molecule has 0 aliphatic rings. The average Bonchev–Trinajstić information content (AvgIpc) is 2.65. The van der Waals surface area contributed by atoms with Crippen molar-refractivity contribution in [2.45, 2.75) is 30.5 Å². The molecule has 1 heterocycles. The fourth-order valence-corrected chi connectivity index (χ4v) is 2.69. The molecule has 0 aromatic carbocycles. The molecule has 6 nitrogen and oxygen atoms in total. The molecule has 94 valence electrons. The van der Waals surface area contributed by atoms with E-state index in [4.69, 9.17) is 5.11 Å². The van der Waals surface area contributed by atoms with Gasteiger partial charge in [-0.05, 0) is 12.2 Å². The van der Waals surface area contributed by atoms with Crippen molar-refractivity contribution >= 4 is 40.1 Å². The van der Waals surface area contributed by atoms with Crippen LogP contribution >= 0.6 is 23.1 Å². The van der Waals surface area contributed by atoms with E-state index in [1.54, 1.807) is 11.8 Å². The fourth-order valence-electron chi connectivity index (χ4n) is 1.02. The molecule has 0 atom stereocenters. The van der Waals surface area contributed by atoms with Gasteiger partial charge >= 0.3 is 5.97 Å². The molecule has 0 unspecified atom stereocenters. The Balaban J connectivity index is 2.31. The van der Waals surface area contributed by atoms with Gasteiger partial charge in [0.25, 0.3) is 0 Å². The van der Waals surface area contributed by atoms with Crippen LogP contribution in [0.1, 0.15) is 26.2 Å². The van der Waals surface area contributed by atoms with Crippen molar-refractivity contribution in [1.29, 1.82) is 0 Å². The molecule has 0 bridgehead atoms. The van der Waals surface area contributed by atoms with Gasteiger partial charge in [0.2, 0.25) is 11.0 Å². The van der Waals surface area contributed by atoms with Gasteiger partial charge in [0.1, 0.15) is 0 Å². The van der Waals surface area contributed by atoms with Crippen LogP contribution in [0.3, 0.4) is 0 Å². The Kier molecular flexibility index (Phi) is 5.92. The lowest BCUT2D eigenvalue weighted by molar-refractivity contribution is -0.137. The van der Waals surface area contributed by atoms with Gasteiger partial charge < -0.3 is 10.4 Å². The highest BCUT2D eigenvalue weighted by Gasteiger charge is 2.08. The topological polar surface area (TPSA) is 92.2 Å². The molecule has 8 heteroatoms. The Morgan fingerprint density at radius 3 is 2.82 bits per heavy atom. The molecule has 1 rings (SSSR count). The number of anilines is 1. The van der Waals surface area contributed by atoms with E-state index in [1.807, 2.05) is 6.92 Å². The van der Waals surface area contributed by atoms with E-state index >= 15 is 0 Å². The number of carbonyl (C=O) groups is 2. The van der Waals surface area contributed by atoms with Gasteiger partial charge in [-0.2, -0.15) is 0 Å². The minimum atomic E-state index is -0.893. The molecule has 0 radical (unpaired) electrons. The zero-order chi connectivity index (χ0) is 12.7. The van der Waals surface area contributed by atoms with E-state index in [0.717, 1.165) is 10.1 Å². The minimum absolute atomic E-state index is 0.000472. The second-order valence-electron chi connectivity index (χ2n) is 3.10. The largest absolute Gasteiger partial charge is 0.481 e. The number of carboxylic acids is 1. The molecule has 0 aliphatic heterocycles. The molecular weight excluding hydrogens is 262 g/mol. The Hall–Kier alpha value is -1.15. The normalized spacial score (nSPS) is 10.2. The number of hydrogen-bond donors (Lipinski definition) is 2. The Labute approximate surface area is 107 Å². The molecule has 0 aliphatic carbocycles. The van der Waals surface area contributed by atoms with E-state index in [2.05, 4.69) is 15.5 Å². The summed E-state index contributed by atoms with van der Waals surface area (Å²) in [5.74, 6) is -0.216. The Morgan fingerprint density at radius 2 is 2.18 bits per heavy atom. The maximum atomic E-state index is 11.4. The van der Waals surface area contributed by atoms with Gasteiger partial charge in [-0.15, -0.1) is 10.2 Å². The first-order valence-electron chi connectivity index (χ1n) is 5.09. The molecule has 17 heavy (non-hydrogen) atoms. The van der Waals surface area contributed by atoms with Crippen LogP contribution < -0.4 is 5.32 Å². The second-order valence-corrected chi connectivity index (χ2v) is 5.59. The van der Waals surface area contributed by atoms with E-state index in [-0.39, 0.29) is 18.7 Å². The summed E-state index contributed by atoms with van der Waals surface area (Å²) in [6, 6.07) is 0. The predicted octanol–water partition coefficient (Wildman–Crippen LogP) is 1.84. The fraction of sp³-hybridized carbons (Fsp3) is 0.556. The summed E-state index contributed by atoms with van der Waals surface area (Å²) in [4.78, 5) is 21.6. The Morgan fingerprint density at radius 1 is 1.41 bits per heavy atom. The number of carboxylic acid groups (broad SMARTS) is 1. The van der Waals surface area contributed by atoms with Gasteiger partial charge in [0, 0.05) is 12.8 Å². The van der Waals surface area contributed by atoms with E-state index in [0.29, 0.717) is 11.6 Å². The molecule has 1 amide bonds. The summed E-state index contributed by atoms with van der Waals surface area (Å²) < 4.78 is 0.813. The molecular formula is C9H13N3O3S2. The van der Waals surface area contributed by atoms with Gasteiger partial charge in [0.05, 0.1) is 0 Å². The molecule has 0 spiro atoms. The number of nitrogens with zero attached hydrogens (tertiary/aromatic N) is 2. The van der Waals surface area contributed by atoms with E-state index in [9.17, 15) is 9.59 Å². The monoisotopic (exact) mass is 275 g/mol. The van der Waals surface area contributed by atoms with Gasteiger partial charge in [-0.3, -0.25) is 9.59 Å². The summed E-state index contributed by atoms with van der Waals surface area (Å²) in [5, 5.41) is 19.2. The standard InChI is InChI=1S/C9H13N3O3S2/c1-2-16-9-12-11-8(17-9)10-6(13)4-3-5-7(14)15/h2-5H2,1H3,(H,14,15)(H,10,11,13). The smallest absolute Gasteiger partial charge is 0.303 e. The lowest BCUT2D eigenvalue weighted by atomic mass is 10.2. The number of aliphatic carboxylic acids is 1. The van der Waals surface area contributed by atoms with Crippen LogP contribution in [0.5, 0.6) is 0 Å². The molecule has 2 N–H and O–H groups in total. The number of aromatic nitrogens is 2. The van der Waals surface area contributed by atoms with Crippen molar-refractivity contribution in [3.63, 3.8) is 0 Å². The zero-order valence-corrected chi connectivity index (χ0v) is 10.9. The predicted molar refractivity (Wildman–Crippen MR) is 66.4 cm³/mol. The van der Waals surface area contributed by atoms with Crippen molar-refractivity contribution < 1.29 is 14.7 Å². The summed E-state index contributed by atoms with van der Waals surface area (Å²) in [6.45, 7) is 2.01. The third-order valence-corrected chi connectivity index (χ3v) is 3.57. The molecule has 0 saturated heterocycles. The summed E-state index contributed by atoms with van der Waals surface area (Å²) in [7, 11) is 0. The van der Waals surface area contributed by atoms with Crippen LogP contribution in [0.4, 0.5) is 5.13 Å². The molecule has 0 fully saturated rings. The van der Waals surface area contributed by atoms with Crippen LogP contribution in [-0.4, -0.2) is 32.9 Å². The van der Waals surface area contributed by atoms with Crippen LogP contribution in [0.25, 0.3) is 0 Å². The lowest BCUT2D eigenvalue weighted by Crippen LogP contribution is -2.11. The van der Waals surface area contributed by atoms with E-state index in [1.165, 1.54) is 11.3 Å². The van der Waals surface area contributed by atoms with Gasteiger partial charge in [-0.25, -0.2) is 0 Å². The molecule has 1 aromatic heterocycles. The highest BCUT2D eigenvalue weighted by atomic mass is 32.2. The van der Waals surface area contributed by atoms with Crippen LogP contribution in [0.2, 0.25) is 0 Å². The summed E-state index contributed by atoms with van der Waals surface area (Å²) in [6.07, 6.45) is 0.513. The number of carbonyl (C=O) groups excluding carboxylic acids is 1. The number of nitrogens with one attached hydrogen (secondary N) is 1. The van der Waals surface area contributed by atoms with Crippen LogP contribution in [0, 0.1) is 0 Å². The quantitative estimate of drug-likeness (QED) is 0.582. The summed E-state index contributed by atoms with van der Waals surface area (Å²) >= 11 is 2.88. The lowest BCUT2D eigenvalue weighted by Gasteiger charge is -1.98. The number of thioether (sulfide) groups is 1. The second kappa shape index (κ2) is 7.23. The molecule has 1 aromatic rings. The van der Waals surface area contributed by atoms with Crippen molar-refractivity contribution in [1.82, 2.24) is 10.2 Å².